The van der Waals surface area contributed by atoms with Crippen molar-refractivity contribution >= 4 is 23.6 Å². The van der Waals surface area contributed by atoms with E-state index in [1.165, 1.54) is 12.1 Å². The summed E-state index contributed by atoms with van der Waals surface area (Å²) in [5.74, 6) is -0.443. The van der Waals surface area contributed by atoms with Gasteiger partial charge in [0.2, 0.25) is 6.79 Å². The summed E-state index contributed by atoms with van der Waals surface area (Å²) in [4.78, 5) is 24.7. The Kier molecular flexibility index (Phi) is 3.79. The molecule has 0 saturated carbocycles. The second kappa shape index (κ2) is 6.04. The molecule has 0 aliphatic carbocycles. The van der Waals surface area contributed by atoms with Crippen molar-refractivity contribution in [2.75, 3.05) is 11.8 Å². The number of ether oxygens (including phenoxy) is 2. The van der Waals surface area contributed by atoms with Crippen LogP contribution in [0.5, 0.6) is 11.5 Å². The summed E-state index contributed by atoms with van der Waals surface area (Å²) in [6.07, 6.45) is -3.22. The van der Waals surface area contributed by atoms with Crippen LogP contribution in [0.15, 0.2) is 48.0 Å². The summed E-state index contributed by atoms with van der Waals surface area (Å²) in [5, 5.41) is 0.788. The number of carbonyl (C=O) groups excluding carboxylic acids is 2. The molecule has 0 radical (unpaired) electrons. The number of alkyl halides is 3. The van der Waals surface area contributed by atoms with Gasteiger partial charge in [0, 0.05) is 0 Å². The highest BCUT2D eigenvalue weighted by Crippen LogP contribution is 2.34. The van der Waals surface area contributed by atoms with E-state index in [4.69, 9.17) is 9.47 Å². The molecular weight excluding hydrogens is 365 g/mol. The normalized spacial score (nSPS) is 17.6. The standard InChI is InChI=1S/C18H11F3N2O4/c19-18(20,21)11-2-1-3-12(8-11)23-17(25)13(16(24)22-23)6-10-4-5-14-15(7-10)27-9-26-14/h1-8H,9H2,(H,22,24)/b13-6-. The molecule has 1 N–H and O–H groups in total. The first-order chi connectivity index (χ1) is 12.8. The van der Waals surface area contributed by atoms with E-state index in [-0.39, 0.29) is 18.1 Å². The molecule has 2 aliphatic heterocycles. The molecule has 1 saturated heterocycles. The van der Waals surface area contributed by atoms with Crippen LogP contribution in [0.25, 0.3) is 6.08 Å². The van der Waals surface area contributed by atoms with E-state index in [1.54, 1.807) is 18.2 Å². The zero-order chi connectivity index (χ0) is 19.2. The zero-order valence-corrected chi connectivity index (χ0v) is 13.5. The molecular formula is C18H11F3N2O4. The van der Waals surface area contributed by atoms with E-state index in [0.717, 1.165) is 23.2 Å². The lowest BCUT2D eigenvalue weighted by Gasteiger charge is -2.16. The Labute approximate surface area is 150 Å². The number of carbonyl (C=O) groups is 2. The number of amides is 2. The van der Waals surface area contributed by atoms with Crippen molar-refractivity contribution in [3.63, 3.8) is 0 Å². The van der Waals surface area contributed by atoms with E-state index in [2.05, 4.69) is 5.43 Å². The van der Waals surface area contributed by atoms with Gasteiger partial charge in [-0.1, -0.05) is 12.1 Å². The maximum Gasteiger partial charge on any atom is 0.416 e. The van der Waals surface area contributed by atoms with Crippen LogP contribution in [0.2, 0.25) is 0 Å². The van der Waals surface area contributed by atoms with Crippen LogP contribution in [0.4, 0.5) is 18.9 Å². The topological polar surface area (TPSA) is 67.9 Å². The molecule has 27 heavy (non-hydrogen) atoms. The summed E-state index contributed by atoms with van der Waals surface area (Å²) >= 11 is 0. The Morgan fingerprint density at radius 1 is 1.04 bits per heavy atom. The van der Waals surface area contributed by atoms with Gasteiger partial charge in [0.25, 0.3) is 11.8 Å². The molecule has 2 aliphatic rings. The number of hydrazine groups is 1. The van der Waals surface area contributed by atoms with Crippen molar-refractivity contribution in [1.82, 2.24) is 5.43 Å². The van der Waals surface area contributed by atoms with Crippen molar-refractivity contribution in [3.05, 3.63) is 59.2 Å². The van der Waals surface area contributed by atoms with E-state index in [9.17, 15) is 22.8 Å². The van der Waals surface area contributed by atoms with Gasteiger partial charge >= 0.3 is 6.18 Å². The van der Waals surface area contributed by atoms with E-state index in [0.29, 0.717) is 17.1 Å². The number of nitrogens with zero attached hydrogens (tertiary/aromatic N) is 1. The lowest BCUT2D eigenvalue weighted by atomic mass is 10.1. The Morgan fingerprint density at radius 3 is 2.59 bits per heavy atom. The number of anilines is 1. The largest absolute Gasteiger partial charge is 0.454 e. The van der Waals surface area contributed by atoms with Gasteiger partial charge in [-0.25, -0.2) is 5.01 Å². The minimum Gasteiger partial charge on any atom is -0.454 e. The fourth-order valence-corrected chi connectivity index (χ4v) is 2.73. The van der Waals surface area contributed by atoms with Gasteiger partial charge in [-0.2, -0.15) is 13.2 Å². The quantitative estimate of drug-likeness (QED) is 0.647. The second-order valence-corrected chi connectivity index (χ2v) is 5.80. The smallest absolute Gasteiger partial charge is 0.416 e. The minimum absolute atomic E-state index is 0.0814. The maximum atomic E-state index is 12.9. The molecule has 2 heterocycles. The van der Waals surface area contributed by atoms with Gasteiger partial charge in [-0.05, 0) is 42.0 Å². The van der Waals surface area contributed by atoms with Crippen molar-refractivity contribution in [1.29, 1.82) is 0 Å². The summed E-state index contributed by atoms with van der Waals surface area (Å²) in [5.41, 5.74) is 1.58. The van der Waals surface area contributed by atoms with Crippen molar-refractivity contribution < 1.29 is 32.2 Å². The molecule has 6 nitrogen and oxygen atoms in total. The third-order valence-corrected chi connectivity index (χ3v) is 4.03. The van der Waals surface area contributed by atoms with Crippen LogP contribution in [-0.4, -0.2) is 18.6 Å². The summed E-state index contributed by atoms with van der Waals surface area (Å²) < 4.78 is 49.1. The number of hydrogen-bond acceptors (Lipinski definition) is 4. The van der Waals surface area contributed by atoms with Gasteiger partial charge < -0.3 is 9.47 Å². The third kappa shape index (κ3) is 3.07. The van der Waals surface area contributed by atoms with Gasteiger partial charge in [-0.15, -0.1) is 0 Å². The van der Waals surface area contributed by atoms with Crippen LogP contribution in [0.3, 0.4) is 0 Å². The fraction of sp³-hybridized carbons (Fsp3) is 0.111. The number of fused-ring (bicyclic) bond motifs is 1. The number of hydrogen-bond donors (Lipinski definition) is 1. The Morgan fingerprint density at radius 2 is 1.81 bits per heavy atom. The first-order valence-corrected chi connectivity index (χ1v) is 7.77. The molecule has 2 amide bonds. The molecule has 0 spiro atoms. The summed E-state index contributed by atoms with van der Waals surface area (Å²) in [6.45, 7) is 0.0814. The van der Waals surface area contributed by atoms with Gasteiger partial charge in [0.1, 0.15) is 5.57 Å². The number of rotatable bonds is 2. The van der Waals surface area contributed by atoms with E-state index >= 15 is 0 Å². The maximum absolute atomic E-state index is 12.9. The lowest BCUT2D eigenvalue weighted by Crippen LogP contribution is -2.35. The van der Waals surface area contributed by atoms with Crippen molar-refractivity contribution in [2.45, 2.75) is 6.18 Å². The summed E-state index contributed by atoms with van der Waals surface area (Å²) in [7, 11) is 0. The Balaban J connectivity index is 1.65. The molecule has 4 rings (SSSR count). The molecule has 0 aromatic heterocycles. The highest BCUT2D eigenvalue weighted by atomic mass is 19.4. The molecule has 0 bridgehead atoms. The molecule has 9 heteroatoms. The number of halogens is 3. The van der Waals surface area contributed by atoms with Crippen LogP contribution < -0.4 is 19.9 Å². The highest BCUT2D eigenvalue weighted by Gasteiger charge is 2.36. The minimum atomic E-state index is -4.56. The summed E-state index contributed by atoms with van der Waals surface area (Å²) in [6, 6.07) is 9.01. The van der Waals surface area contributed by atoms with Crippen LogP contribution in [0.1, 0.15) is 11.1 Å². The molecule has 138 valence electrons. The molecule has 1 fully saturated rings. The van der Waals surface area contributed by atoms with Crippen LogP contribution >= 0.6 is 0 Å². The predicted molar refractivity (Wildman–Crippen MR) is 87.6 cm³/mol. The van der Waals surface area contributed by atoms with Gasteiger partial charge in [-0.3, -0.25) is 15.0 Å². The second-order valence-electron chi connectivity index (χ2n) is 5.80. The van der Waals surface area contributed by atoms with Gasteiger partial charge in [0.05, 0.1) is 11.3 Å². The monoisotopic (exact) mass is 376 g/mol. The zero-order valence-electron chi connectivity index (χ0n) is 13.5. The van der Waals surface area contributed by atoms with Crippen molar-refractivity contribution in [2.24, 2.45) is 0 Å². The molecule has 0 atom stereocenters. The van der Waals surface area contributed by atoms with Crippen LogP contribution in [0, 0.1) is 0 Å². The highest BCUT2D eigenvalue weighted by molar-refractivity contribution is 6.31. The fourth-order valence-electron chi connectivity index (χ4n) is 2.73. The van der Waals surface area contributed by atoms with Crippen molar-refractivity contribution in [3.8, 4) is 11.5 Å². The van der Waals surface area contributed by atoms with Crippen LogP contribution in [-0.2, 0) is 15.8 Å². The Hall–Kier alpha value is -3.49. The molecule has 0 unspecified atom stereocenters. The first-order valence-electron chi connectivity index (χ1n) is 7.77. The predicted octanol–water partition coefficient (Wildman–Crippen LogP) is 2.90. The Bertz CT molecular complexity index is 985. The average molecular weight is 376 g/mol. The third-order valence-electron chi connectivity index (χ3n) is 4.03. The van der Waals surface area contributed by atoms with E-state index in [1.807, 2.05) is 0 Å². The first kappa shape index (κ1) is 17.0. The average Bonchev–Trinajstić information content (AvgIpc) is 3.20. The number of nitrogens with one attached hydrogen (secondary N) is 1. The number of benzene rings is 2. The molecule has 2 aromatic rings. The SMILES string of the molecule is O=C1NN(c2cccc(C(F)(F)F)c2)C(=O)/C1=C\c1ccc2c(c1)OCO2. The lowest BCUT2D eigenvalue weighted by molar-refractivity contribution is -0.137. The van der Waals surface area contributed by atoms with Gasteiger partial charge in [0.15, 0.2) is 11.5 Å². The van der Waals surface area contributed by atoms with E-state index < -0.39 is 23.6 Å². The molecule has 2 aromatic carbocycles.